The molecule has 1 aromatic carbocycles. The summed E-state index contributed by atoms with van der Waals surface area (Å²) in [5.74, 6) is 3.29. The maximum absolute atomic E-state index is 3.50. The van der Waals surface area contributed by atoms with E-state index in [1.807, 2.05) is 0 Å². The maximum Gasteiger partial charge on any atom is 0.0184 e. The van der Waals surface area contributed by atoms with E-state index in [4.69, 9.17) is 0 Å². The molecule has 0 aliphatic carbocycles. The van der Waals surface area contributed by atoms with E-state index < -0.39 is 0 Å². The molecule has 1 atom stereocenters. The standard InChI is InChI=1S/C14H21BrS/c1-12(6-8-15)7-9-16-11-14-5-3-4-13(2)10-14/h3-5,10,12H,6-9,11H2,1-2H3. The molecule has 0 aromatic heterocycles. The van der Waals surface area contributed by atoms with Gasteiger partial charge in [-0.25, -0.2) is 0 Å². The fourth-order valence-electron chi connectivity index (χ4n) is 1.61. The van der Waals surface area contributed by atoms with Gasteiger partial charge in [-0.2, -0.15) is 11.8 Å². The molecule has 0 heterocycles. The smallest absolute Gasteiger partial charge is 0.0184 e. The van der Waals surface area contributed by atoms with Crippen molar-refractivity contribution in [2.24, 2.45) is 5.92 Å². The summed E-state index contributed by atoms with van der Waals surface area (Å²) in [4.78, 5) is 0. The van der Waals surface area contributed by atoms with Gasteiger partial charge in [0, 0.05) is 11.1 Å². The van der Waals surface area contributed by atoms with E-state index in [9.17, 15) is 0 Å². The van der Waals surface area contributed by atoms with Gasteiger partial charge in [0.15, 0.2) is 0 Å². The molecule has 0 fully saturated rings. The first-order valence-electron chi connectivity index (χ1n) is 5.91. The lowest BCUT2D eigenvalue weighted by molar-refractivity contribution is 0.555. The summed E-state index contributed by atoms with van der Waals surface area (Å²) in [7, 11) is 0. The summed E-state index contributed by atoms with van der Waals surface area (Å²) < 4.78 is 0. The third-order valence-corrected chi connectivity index (χ3v) is 4.23. The van der Waals surface area contributed by atoms with Crippen LogP contribution in [0.4, 0.5) is 0 Å². The number of hydrogen-bond donors (Lipinski definition) is 0. The molecule has 2 heteroatoms. The Morgan fingerprint density at radius 3 is 2.81 bits per heavy atom. The molecule has 0 bridgehead atoms. The van der Waals surface area contributed by atoms with Crippen LogP contribution >= 0.6 is 27.7 Å². The molecule has 1 aromatic rings. The van der Waals surface area contributed by atoms with E-state index in [1.54, 1.807) is 0 Å². The number of alkyl halides is 1. The number of benzene rings is 1. The molecule has 0 aliphatic heterocycles. The van der Waals surface area contributed by atoms with E-state index in [0.29, 0.717) is 0 Å². The van der Waals surface area contributed by atoms with Crippen LogP contribution in [0, 0.1) is 12.8 Å². The zero-order valence-electron chi connectivity index (χ0n) is 10.2. The van der Waals surface area contributed by atoms with Gasteiger partial charge in [-0.1, -0.05) is 52.7 Å². The summed E-state index contributed by atoms with van der Waals surface area (Å²) in [6, 6.07) is 8.82. The quantitative estimate of drug-likeness (QED) is 0.502. The predicted octanol–water partition coefficient (Wildman–Crippen LogP) is 5.04. The first-order valence-corrected chi connectivity index (χ1v) is 8.19. The van der Waals surface area contributed by atoms with Gasteiger partial charge < -0.3 is 0 Å². The van der Waals surface area contributed by atoms with Gasteiger partial charge in [0.25, 0.3) is 0 Å². The molecule has 0 saturated carbocycles. The Hall–Kier alpha value is 0.0500. The average molecular weight is 301 g/mol. The van der Waals surface area contributed by atoms with Gasteiger partial charge in [-0.3, -0.25) is 0 Å². The normalized spacial score (nSPS) is 12.7. The highest BCUT2D eigenvalue weighted by molar-refractivity contribution is 9.09. The van der Waals surface area contributed by atoms with E-state index in [0.717, 1.165) is 17.0 Å². The van der Waals surface area contributed by atoms with E-state index in [2.05, 4.69) is 65.8 Å². The summed E-state index contributed by atoms with van der Waals surface area (Å²) in [6.45, 7) is 4.50. The third-order valence-electron chi connectivity index (χ3n) is 2.71. The van der Waals surface area contributed by atoms with Crippen LogP contribution in [0.5, 0.6) is 0 Å². The summed E-state index contributed by atoms with van der Waals surface area (Å²) >= 11 is 5.55. The van der Waals surface area contributed by atoms with Crippen LogP contribution in [-0.2, 0) is 5.75 Å². The van der Waals surface area contributed by atoms with Crippen molar-refractivity contribution in [3.05, 3.63) is 35.4 Å². The zero-order chi connectivity index (χ0) is 11.8. The van der Waals surface area contributed by atoms with Crippen LogP contribution in [0.15, 0.2) is 24.3 Å². The molecule has 0 saturated heterocycles. The van der Waals surface area contributed by atoms with Crippen molar-refractivity contribution in [1.82, 2.24) is 0 Å². The van der Waals surface area contributed by atoms with Crippen LogP contribution in [0.2, 0.25) is 0 Å². The Morgan fingerprint density at radius 2 is 2.12 bits per heavy atom. The highest BCUT2D eigenvalue weighted by Crippen LogP contribution is 2.18. The van der Waals surface area contributed by atoms with E-state index >= 15 is 0 Å². The second-order valence-corrected chi connectivity index (χ2v) is 6.31. The fourth-order valence-corrected chi connectivity index (χ4v) is 3.52. The molecule has 0 aliphatic rings. The van der Waals surface area contributed by atoms with Gasteiger partial charge in [0.1, 0.15) is 0 Å². The molecule has 1 rings (SSSR count). The summed E-state index contributed by atoms with van der Waals surface area (Å²) in [5, 5.41) is 1.14. The van der Waals surface area contributed by atoms with E-state index in [-0.39, 0.29) is 0 Å². The summed E-state index contributed by atoms with van der Waals surface area (Å²) in [5.41, 5.74) is 2.82. The second-order valence-electron chi connectivity index (χ2n) is 4.41. The molecule has 0 N–H and O–H groups in total. The number of hydrogen-bond acceptors (Lipinski definition) is 1. The van der Waals surface area contributed by atoms with E-state index in [1.165, 1.54) is 29.7 Å². The highest BCUT2D eigenvalue weighted by atomic mass is 79.9. The van der Waals surface area contributed by atoms with Crippen molar-refractivity contribution in [3.63, 3.8) is 0 Å². The average Bonchev–Trinajstić information content (AvgIpc) is 2.25. The van der Waals surface area contributed by atoms with Crippen molar-refractivity contribution >= 4 is 27.7 Å². The molecule has 0 radical (unpaired) electrons. The number of halogens is 1. The Labute approximate surface area is 112 Å². The maximum atomic E-state index is 3.50. The minimum atomic E-state index is 0.851. The highest BCUT2D eigenvalue weighted by Gasteiger charge is 2.01. The number of aryl methyl sites for hydroxylation is 1. The van der Waals surface area contributed by atoms with Gasteiger partial charge >= 0.3 is 0 Å². The molecule has 0 nitrogen and oxygen atoms in total. The lowest BCUT2D eigenvalue weighted by Crippen LogP contribution is -1.97. The van der Waals surface area contributed by atoms with Crippen molar-refractivity contribution in [3.8, 4) is 0 Å². The van der Waals surface area contributed by atoms with Crippen LogP contribution in [0.3, 0.4) is 0 Å². The molecule has 16 heavy (non-hydrogen) atoms. The molecule has 0 spiro atoms. The number of rotatable bonds is 7. The lowest BCUT2D eigenvalue weighted by atomic mass is 10.1. The summed E-state index contributed by atoms with van der Waals surface area (Å²) in [6.07, 6.45) is 2.63. The Bertz CT molecular complexity index is 299. The van der Waals surface area contributed by atoms with Crippen LogP contribution in [-0.4, -0.2) is 11.1 Å². The SMILES string of the molecule is Cc1cccc(CSCCC(C)CCBr)c1. The molecule has 0 amide bonds. The lowest BCUT2D eigenvalue weighted by Gasteiger charge is -2.08. The van der Waals surface area contributed by atoms with Gasteiger partial charge in [-0.05, 0) is 37.0 Å². The molecular weight excluding hydrogens is 280 g/mol. The van der Waals surface area contributed by atoms with Crippen molar-refractivity contribution in [1.29, 1.82) is 0 Å². The van der Waals surface area contributed by atoms with Crippen molar-refractivity contribution < 1.29 is 0 Å². The van der Waals surface area contributed by atoms with Crippen LogP contribution in [0.1, 0.15) is 30.9 Å². The van der Waals surface area contributed by atoms with Gasteiger partial charge in [0.05, 0.1) is 0 Å². The van der Waals surface area contributed by atoms with Gasteiger partial charge in [-0.15, -0.1) is 0 Å². The first-order chi connectivity index (χ1) is 7.72. The van der Waals surface area contributed by atoms with Crippen molar-refractivity contribution in [2.45, 2.75) is 32.4 Å². The monoisotopic (exact) mass is 300 g/mol. The first kappa shape index (κ1) is 14.1. The molecule has 90 valence electrons. The number of thioether (sulfide) groups is 1. The predicted molar refractivity (Wildman–Crippen MR) is 79.5 cm³/mol. The third kappa shape index (κ3) is 5.95. The topological polar surface area (TPSA) is 0 Å². The largest absolute Gasteiger partial charge is 0.157 e. The zero-order valence-corrected chi connectivity index (χ0v) is 12.6. The Balaban J connectivity index is 2.16. The van der Waals surface area contributed by atoms with Crippen LogP contribution in [0.25, 0.3) is 0 Å². The van der Waals surface area contributed by atoms with Crippen molar-refractivity contribution in [2.75, 3.05) is 11.1 Å². The molecular formula is C14H21BrS. The van der Waals surface area contributed by atoms with Gasteiger partial charge in [0.2, 0.25) is 0 Å². The fraction of sp³-hybridized carbons (Fsp3) is 0.571. The Kier molecular flexibility index (Phi) is 7.22. The minimum Gasteiger partial charge on any atom is -0.157 e. The second kappa shape index (κ2) is 8.19. The molecule has 1 unspecified atom stereocenters. The van der Waals surface area contributed by atoms with Crippen LogP contribution < -0.4 is 0 Å². The minimum absolute atomic E-state index is 0.851. The Morgan fingerprint density at radius 1 is 1.31 bits per heavy atom.